The number of rotatable bonds is 5. The van der Waals surface area contributed by atoms with Crippen LogP contribution in [0.25, 0.3) is 0 Å². The summed E-state index contributed by atoms with van der Waals surface area (Å²) < 4.78 is 3.03. The van der Waals surface area contributed by atoms with Crippen molar-refractivity contribution in [2.24, 2.45) is 5.73 Å². The third-order valence-electron chi connectivity index (χ3n) is 3.31. The van der Waals surface area contributed by atoms with Crippen LogP contribution in [0.2, 0.25) is 5.02 Å². The number of nitrogens with one attached hydrogen (secondary N) is 1. The van der Waals surface area contributed by atoms with Crippen molar-refractivity contribution < 1.29 is 9.59 Å². The molecule has 9 heteroatoms. The summed E-state index contributed by atoms with van der Waals surface area (Å²) in [6.45, 7) is 5.86. The molecule has 2 heterocycles. The van der Waals surface area contributed by atoms with Crippen molar-refractivity contribution in [3.8, 4) is 0 Å². The van der Waals surface area contributed by atoms with Crippen LogP contribution in [0.15, 0.2) is 12.4 Å². The number of hydrogen-bond donors (Lipinski definition) is 2. The second-order valence-electron chi connectivity index (χ2n) is 4.80. The van der Waals surface area contributed by atoms with Crippen molar-refractivity contribution in [1.82, 2.24) is 19.6 Å². The highest BCUT2D eigenvalue weighted by Crippen LogP contribution is 2.20. The first-order valence-electron chi connectivity index (χ1n) is 6.72. The van der Waals surface area contributed by atoms with Crippen LogP contribution in [0.5, 0.6) is 0 Å². The highest BCUT2D eigenvalue weighted by atomic mass is 35.5. The van der Waals surface area contributed by atoms with E-state index in [9.17, 15) is 9.59 Å². The molecule has 2 rings (SSSR count). The summed E-state index contributed by atoms with van der Waals surface area (Å²) >= 11 is 5.94. The van der Waals surface area contributed by atoms with Gasteiger partial charge in [0.2, 0.25) is 5.91 Å². The van der Waals surface area contributed by atoms with Crippen molar-refractivity contribution >= 4 is 29.1 Å². The number of aryl methyl sites for hydroxylation is 1. The molecule has 0 aliphatic rings. The highest BCUT2D eigenvalue weighted by Gasteiger charge is 2.22. The van der Waals surface area contributed by atoms with Crippen LogP contribution < -0.4 is 11.1 Å². The fourth-order valence-corrected chi connectivity index (χ4v) is 2.13. The van der Waals surface area contributed by atoms with Crippen LogP contribution in [0.3, 0.4) is 0 Å². The Morgan fingerprint density at radius 2 is 2.18 bits per heavy atom. The van der Waals surface area contributed by atoms with Crippen LogP contribution >= 0.6 is 11.6 Å². The van der Waals surface area contributed by atoms with Gasteiger partial charge in [-0.25, -0.2) is 0 Å². The van der Waals surface area contributed by atoms with Gasteiger partial charge in [-0.15, -0.1) is 0 Å². The predicted octanol–water partition coefficient (Wildman–Crippen LogP) is 1.36. The molecule has 0 saturated carbocycles. The molecule has 22 heavy (non-hydrogen) atoms. The maximum atomic E-state index is 12.3. The van der Waals surface area contributed by atoms with Gasteiger partial charge in [-0.2, -0.15) is 10.2 Å². The zero-order valence-corrected chi connectivity index (χ0v) is 13.3. The van der Waals surface area contributed by atoms with Crippen molar-refractivity contribution in [3.63, 3.8) is 0 Å². The average Bonchev–Trinajstić information content (AvgIpc) is 3.03. The maximum absolute atomic E-state index is 12.3. The quantitative estimate of drug-likeness (QED) is 0.865. The Balaban J connectivity index is 2.23. The summed E-state index contributed by atoms with van der Waals surface area (Å²) in [6, 6.07) is -0.599. The lowest BCUT2D eigenvalue weighted by Crippen LogP contribution is -2.26. The largest absolute Gasteiger partial charge is 0.364 e. The number of anilines is 1. The molecule has 1 unspecified atom stereocenters. The van der Waals surface area contributed by atoms with E-state index in [1.54, 1.807) is 20.0 Å². The van der Waals surface area contributed by atoms with E-state index in [0.29, 0.717) is 17.3 Å². The Morgan fingerprint density at radius 3 is 2.68 bits per heavy atom. The first-order chi connectivity index (χ1) is 10.3. The van der Waals surface area contributed by atoms with Crippen molar-refractivity contribution in [2.75, 3.05) is 5.32 Å². The van der Waals surface area contributed by atoms with Gasteiger partial charge in [-0.3, -0.25) is 19.0 Å². The number of amides is 2. The van der Waals surface area contributed by atoms with E-state index in [1.807, 2.05) is 6.92 Å². The molecule has 0 spiro atoms. The molecule has 0 aliphatic carbocycles. The molecule has 2 aromatic heterocycles. The first-order valence-corrected chi connectivity index (χ1v) is 7.10. The Labute approximate surface area is 132 Å². The van der Waals surface area contributed by atoms with E-state index in [4.69, 9.17) is 17.3 Å². The number of hydrogen-bond acceptors (Lipinski definition) is 4. The molecule has 2 aromatic rings. The Bertz CT molecular complexity index is 720. The number of carbonyl (C=O) groups excluding carboxylic acids is 2. The molecule has 0 fully saturated rings. The fraction of sp³-hybridized carbons (Fsp3) is 0.385. The van der Waals surface area contributed by atoms with E-state index in [1.165, 1.54) is 15.6 Å². The Hall–Kier alpha value is -2.35. The second kappa shape index (κ2) is 6.18. The SMILES string of the molecule is CCn1cc(NC(=O)C(C)n2ncc(Cl)c2C)c(C(N)=O)n1. The van der Waals surface area contributed by atoms with E-state index < -0.39 is 11.9 Å². The summed E-state index contributed by atoms with van der Waals surface area (Å²) in [5.41, 5.74) is 6.26. The monoisotopic (exact) mass is 324 g/mol. The van der Waals surface area contributed by atoms with E-state index in [2.05, 4.69) is 15.5 Å². The number of nitrogens with two attached hydrogens (primary N) is 1. The molecule has 8 nitrogen and oxygen atoms in total. The molecule has 0 aromatic carbocycles. The molecular weight excluding hydrogens is 308 g/mol. The minimum absolute atomic E-state index is 0.0256. The topological polar surface area (TPSA) is 108 Å². The van der Waals surface area contributed by atoms with Crippen molar-refractivity contribution in [1.29, 1.82) is 0 Å². The minimum Gasteiger partial charge on any atom is -0.364 e. The minimum atomic E-state index is -0.700. The third kappa shape index (κ3) is 2.96. The van der Waals surface area contributed by atoms with Gasteiger partial charge in [0.05, 0.1) is 22.6 Å². The van der Waals surface area contributed by atoms with Gasteiger partial charge in [0.1, 0.15) is 6.04 Å². The first kappa shape index (κ1) is 16.0. The van der Waals surface area contributed by atoms with Gasteiger partial charge in [0.25, 0.3) is 5.91 Å². The summed E-state index contributed by atoms with van der Waals surface area (Å²) in [5.74, 6) is -1.05. The zero-order valence-electron chi connectivity index (χ0n) is 12.5. The average molecular weight is 325 g/mol. The third-order valence-corrected chi connectivity index (χ3v) is 3.68. The van der Waals surface area contributed by atoms with Gasteiger partial charge in [0, 0.05) is 12.7 Å². The van der Waals surface area contributed by atoms with Crippen LogP contribution in [-0.4, -0.2) is 31.4 Å². The standard InChI is InChI=1S/C13H17ClN6O2/c1-4-19-6-10(11(18-19)12(15)21)17-13(22)8(3)20-7(2)9(14)5-16-20/h5-6,8H,4H2,1-3H3,(H2,15,21)(H,17,22). The lowest BCUT2D eigenvalue weighted by Gasteiger charge is -2.14. The van der Waals surface area contributed by atoms with Crippen LogP contribution in [0.1, 0.15) is 36.1 Å². The van der Waals surface area contributed by atoms with Gasteiger partial charge in [0.15, 0.2) is 5.69 Å². The zero-order chi connectivity index (χ0) is 16.4. The highest BCUT2D eigenvalue weighted by molar-refractivity contribution is 6.31. The molecule has 0 bridgehead atoms. The molecular formula is C13H17ClN6O2. The Kier molecular flexibility index (Phi) is 4.51. The number of carbonyl (C=O) groups is 2. The van der Waals surface area contributed by atoms with E-state index >= 15 is 0 Å². The predicted molar refractivity (Wildman–Crippen MR) is 81.7 cm³/mol. The van der Waals surface area contributed by atoms with Gasteiger partial charge < -0.3 is 11.1 Å². The second-order valence-corrected chi connectivity index (χ2v) is 5.21. The number of aromatic nitrogens is 4. The molecule has 118 valence electrons. The molecule has 3 N–H and O–H groups in total. The summed E-state index contributed by atoms with van der Waals surface area (Å²) in [5, 5.41) is 11.2. The van der Waals surface area contributed by atoms with Crippen molar-refractivity contribution in [2.45, 2.75) is 33.4 Å². The van der Waals surface area contributed by atoms with Gasteiger partial charge in [-0.1, -0.05) is 11.6 Å². The molecule has 0 aliphatic heterocycles. The molecule has 2 amide bonds. The summed E-state index contributed by atoms with van der Waals surface area (Å²) in [4.78, 5) is 23.7. The number of nitrogens with zero attached hydrogens (tertiary/aromatic N) is 4. The summed E-state index contributed by atoms with van der Waals surface area (Å²) in [7, 11) is 0. The lowest BCUT2D eigenvalue weighted by molar-refractivity contribution is -0.119. The smallest absolute Gasteiger partial charge is 0.271 e. The molecule has 0 radical (unpaired) electrons. The van der Waals surface area contributed by atoms with Crippen LogP contribution in [0, 0.1) is 6.92 Å². The summed E-state index contributed by atoms with van der Waals surface area (Å²) in [6.07, 6.45) is 3.04. The number of primary amides is 1. The normalized spacial score (nSPS) is 12.2. The lowest BCUT2D eigenvalue weighted by atomic mass is 10.2. The van der Waals surface area contributed by atoms with Crippen molar-refractivity contribution in [3.05, 3.63) is 28.8 Å². The van der Waals surface area contributed by atoms with E-state index in [-0.39, 0.29) is 17.3 Å². The number of halogens is 1. The van der Waals surface area contributed by atoms with Crippen LogP contribution in [0.4, 0.5) is 5.69 Å². The van der Waals surface area contributed by atoms with Gasteiger partial charge >= 0.3 is 0 Å². The maximum Gasteiger partial charge on any atom is 0.271 e. The molecule has 0 saturated heterocycles. The van der Waals surface area contributed by atoms with Crippen LogP contribution in [-0.2, 0) is 11.3 Å². The fourth-order valence-electron chi connectivity index (χ4n) is 2.00. The van der Waals surface area contributed by atoms with Gasteiger partial charge in [-0.05, 0) is 20.8 Å². The Morgan fingerprint density at radius 1 is 1.50 bits per heavy atom. The molecule has 1 atom stereocenters. The van der Waals surface area contributed by atoms with E-state index in [0.717, 1.165) is 0 Å².